The molecule has 0 atom stereocenters. The van der Waals surface area contributed by atoms with Crippen molar-refractivity contribution in [2.45, 2.75) is 0 Å². The third-order valence-electron chi connectivity index (χ3n) is 5.39. The highest BCUT2D eigenvalue weighted by molar-refractivity contribution is 14.1. The summed E-state index contributed by atoms with van der Waals surface area (Å²) >= 11 is 2.17. The van der Waals surface area contributed by atoms with Crippen molar-refractivity contribution >= 4 is 62.1 Å². The van der Waals surface area contributed by atoms with Crippen LogP contribution in [-0.2, 0) is 0 Å². The van der Waals surface area contributed by atoms with Gasteiger partial charge in [-0.05, 0) is 81.9 Å². The van der Waals surface area contributed by atoms with E-state index in [1.165, 1.54) is 6.07 Å². The summed E-state index contributed by atoms with van der Waals surface area (Å²) in [5, 5.41) is 14.0. The Hall–Kier alpha value is -3.85. The van der Waals surface area contributed by atoms with Gasteiger partial charge in [0.1, 0.15) is 5.82 Å². The van der Waals surface area contributed by atoms with E-state index in [0.717, 1.165) is 14.3 Å². The standard InChI is InChI=1S/C26H16IN3O3/c27-20-11-13-23-22(16-20)26(31)29(21-12-9-17-5-1-2-7-19(17)15-21)25(28-23)14-10-18-6-3-4-8-24(18)30(32)33/h1-16H/b14-10+. The molecule has 0 radical (unpaired) electrons. The fraction of sp³-hybridized carbons (Fsp3) is 0. The van der Waals surface area contributed by atoms with Gasteiger partial charge in [-0.1, -0.05) is 42.5 Å². The molecule has 5 aromatic rings. The molecular formula is C26H16IN3O3. The van der Waals surface area contributed by atoms with Crippen LogP contribution in [0.3, 0.4) is 0 Å². The number of para-hydroxylation sites is 1. The second-order valence-electron chi connectivity index (χ2n) is 7.45. The van der Waals surface area contributed by atoms with Crippen molar-refractivity contribution in [1.82, 2.24) is 9.55 Å². The van der Waals surface area contributed by atoms with Crippen molar-refractivity contribution in [3.8, 4) is 5.69 Å². The van der Waals surface area contributed by atoms with E-state index in [0.29, 0.717) is 28.0 Å². The molecule has 6 nitrogen and oxygen atoms in total. The van der Waals surface area contributed by atoms with Crippen LogP contribution in [0, 0.1) is 13.7 Å². The van der Waals surface area contributed by atoms with Gasteiger partial charge in [0.15, 0.2) is 0 Å². The van der Waals surface area contributed by atoms with E-state index in [1.807, 2.05) is 60.7 Å². The first-order valence-corrected chi connectivity index (χ1v) is 11.2. The molecule has 1 heterocycles. The lowest BCUT2D eigenvalue weighted by Gasteiger charge is -2.12. The van der Waals surface area contributed by atoms with Crippen LogP contribution in [0.1, 0.15) is 11.4 Å². The lowest BCUT2D eigenvalue weighted by Crippen LogP contribution is -2.22. The molecule has 1 aromatic heterocycles. The largest absolute Gasteiger partial charge is 0.276 e. The summed E-state index contributed by atoms with van der Waals surface area (Å²) in [6.07, 6.45) is 3.27. The molecule has 160 valence electrons. The van der Waals surface area contributed by atoms with Crippen LogP contribution in [0.15, 0.2) is 89.7 Å². The van der Waals surface area contributed by atoms with Crippen molar-refractivity contribution < 1.29 is 4.92 Å². The number of fused-ring (bicyclic) bond motifs is 2. The minimum atomic E-state index is -0.425. The molecule has 5 rings (SSSR count). The monoisotopic (exact) mass is 545 g/mol. The molecule has 7 heteroatoms. The fourth-order valence-corrected chi connectivity index (χ4v) is 4.30. The average molecular weight is 545 g/mol. The van der Waals surface area contributed by atoms with Gasteiger partial charge < -0.3 is 0 Å². The van der Waals surface area contributed by atoms with Crippen molar-refractivity contribution in [2.75, 3.05) is 0 Å². The van der Waals surface area contributed by atoms with E-state index in [2.05, 4.69) is 22.6 Å². The summed E-state index contributed by atoms with van der Waals surface area (Å²) in [6.45, 7) is 0. The summed E-state index contributed by atoms with van der Waals surface area (Å²) in [5.74, 6) is 0.391. The number of benzene rings is 4. The molecule has 4 aromatic carbocycles. The maximum absolute atomic E-state index is 13.6. The molecule has 0 saturated heterocycles. The van der Waals surface area contributed by atoms with Crippen LogP contribution in [0.5, 0.6) is 0 Å². The van der Waals surface area contributed by atoms with Gasteiger partial charge in [-0.25, -0.2) is 4.98 Å². The van der Waals surface area contributed by atoms with E-state index in [-0.39, 0.29) is 11.2 Å². The number of halogens is 1. The van der Waals surface area contributed by atoms with Gasteiger partial charge in [0, 0.05) is 9.64 Å². The van der Waals surface area contributed by atoms with Gasteiger partial charge >= 0.3 is 0 Å². The highest BCUT2D eigenvalue weighted by Crippen LogP contribution is 2.23. The summed E-state index contributed by atoms with van der Waals surface area (Å²) in [5.41, 5.74) is 1.47. The predicted molar refractivity (Wildman–Crippen MR) is 140 cm³/mol. The van der Waals surface area contributed by atoms with Gasteiger partial charge in [0.05, 0.1) is 27.1 Å². The number of nitrogens with zero attached hydrogens (tertiary/aromatic N) is 3. The Bertz CT molecular complexity index is 1640. The number of hydrogen-bond donors (Lipinski definition) is 0. The second-order valence-corrected chi connectivity index (χ2v) is 8.70. The van der Waals surface area contributed by atoms with Gasteiger partial charge in [0.25, 0.3) is 11.2 Å². The molecular weight excluding hydrogens is 529 g/mol. The molecule has 0 aliphatic carbocycles. The average Bonchev–Trinajstić information content (AvgIpc) is 2.83. The molecule has 0 saturated carbocycles. The Morgan fingerprint density at radius 3 is 2.45 bits per heavy atom. The van der Waals surface area contributed by atoms with Crippen molar-refractivity contribution in [3.05, 3.63) is 120 Å². The Labute approximate surface area is 202 Å². The summed E-state index contributed by atoms with van der Waals surface area (Å²) in [4.78, 5) is 29.3. The van der Waals surface area contributed by atoms with E-state index < -0.39 is 4.92 Å². The molecule has 0 bridgehead atoms. The number of aromatic nitrogens is 2. The van der Waals surface area contributed by atoms with Crippen LogP contribution < -0.4 is 5.56 Å². The van der Waals surface area contributed by atoms with Crippen LogP contribution >= 0.6 is 22.6 Å². The lowest BCUT2D eigenvalue weighted by atomic mass is 10.1. The zero-order valence-electron chi connectivity index (χ0n) is 17.2. The van der Waals surface area contributed by atoms with E-state index in [1.54, 1.807) is 34.9 Å². The Morgan fingerprint density at radius 2 is 1.64 bits per heavy atom. The number of rotatable bonds is 4. The normalized spacial score (nSPS) is 11.4. The van der Waals surface area contributed by atoms with Crippen molar-refractivity contribution in [2.24, 2.45) is 0 Å². The Kier molecular flexibility index (Phi) is 5.47. The highest BCUT2D eigenvalue weighted by Gasteiger charge is 2.14. The minimum Gasteiger partial charge on any atom is -0.268 e. The predicted octanol–water partition coefficient (Wildman–Crippen LogP) is 6.22. The molecule has 0 spiro atoms. The molecule has 0 fully saturated rings. The molecule has 0 aliphatic heterocycles. The van der Waals surface area contributed by atoms with E-state index >= 15 is 0 Å². The first kappa shape index (κ1) is 21.0. The molecule has 33 heavy (non-hydrogen) atoms. The maximum atomic E-state index is 13.6. The zero-order valence-corrected chi connectivity index (χ0v) is 19.3. The van der Waals surface area contributed by atoms with Crippen molar-refractivity contribution in [3.63, 3.8) is 0 Å². The SMILES string of the molecule is O=c1c2cc(I)ccc2nc(/C=C/c2ccccc2[N+](=O)[O-])n1-c1ccc2ccccc2c1. The second kappa shape index (κ2) is 8.59. The van der Waals surface area contributed by atoms with E-state index in [4.69, 9.17) is 4.98 Å². The van der Waals surface area contributed by atoms with Crippen LogP contribution in [0.25, 0.3) is 39.5 Å². The summed E-state index contributed by atoms with van der Waals surface area (Å²) in [7, 11) is 0. The topological polar surface area (TPSA) is 78.0 Å². The molecule has 0 N–H and O–H groups in total. The summed E-state index contributed by atoms with van der Waals surface area (Å²) < 4.78 is 2.49. The molecule has 0 aliphatic rings. The fourth-order valence-electron chi connectivity index (χ4n) is 3.81. The molecule has 0 amide bonds. The Morgan fingerprint density at radius 1 is 0.879 bits per heavy atom. The summed E-state index contributed by atoms with van der Waals surface area (Å²) in [6, 6.07) is 25.7. The third kappa shape index (κ3) is 4.03. The number of hydrogen-bond acceptors (Lipinski definition) is 4. The first-order valence-electron chi connectivity index (χ1n) is 10.1. The van der Waals surface area contributed by atoms with Crippen LogP contribution in [0.2, 0.25) is 0 Å². The number of nitro groups is 1. The van der Waals surface area contributed by atoms with Crippen LogP contribution in [-0.4, -0.2) is 14.5 Å². The quantitative estimate of drug-likeness (QED) is 0.153. The van der Waals surface area contributed by atoms with Gasteiger partial charge in [0.2, 0.25) is 0 Å². The van der Waals surface area contributed by atoms with Crippen LogP contribution in [0.4, 0.5) is 5.69 Å². The first-order chi connectivity index (χ1) is 16.0. The van der Waals surface area contributed by atoms with Gasteiger partial charge in [-0.2, -0.15) is 0 Å². The minimum absolute atomic E-state index is 0.0105. The maximum Gasteiger partial charge on any atom is 0.276 e. The number of nitro benzene ring substituents is 1. The lowest BCUT2D eigenvalue weighted by molar-refractivity contribution is -0.385. The Balaban J connectivity index is 1.76. The van der Waals surface area contributed by atoms with Gasteiger partial charge in [-0.15, -0.1) is 0 Å². The molecule has 0 unspecified atom stereocenters. The smallest absolute Gasteiger partial charge is 0.268 e. The van der Waals surface area contributed by atoms with Gasteiger partial charge in [-0.3, -0.25) is 19.5 Å². The third-order valence-corrected chi connectivity index (χ3v) is 6.06. The highest BCUT2D eigenvalue weighted by atomic mass is 127. The van der Waals surface area contributed by atoms with E-state index in [9.17, 15) is 14.9 Å². The zero-order chi connectivity index (χ0) is 22.9. The van der Waals surface area contributed by atoms with Crippen molar-refractivity contribution in [1.29, 1.82) is 0 Å².